The molecule has 0 aliphatic heterocycles. The first-order chi connectivity index (χ1) is 13.1. The summed E-state index contributed by atoms with van der Waals surface area (Å²) in [5, 5.41) is 52.6. The van der Waals surface area contributed by atoms with Crippen molar-refractivity contribution in [2.75, 3.05) is 6.61 Å². The van der Waals surface area contributed by atoms with E-state index in [4.69, 9.17) is 0 Å². The van der Waals surface area contributed by atoms with Crippen molar-refractivity contribution in [2.45, 2.75) is 90.1 Å². The SMILES string of the molecule is C[C@H](C(O)CO)[C@H]1CC[C@H]2[C@@H]3[C@H](O)C[C@@H]4C[C@H](O)CC[C@]4(C)[C@H]3C[C@H](O)[C@]12C. The second kappa shape index (κ2) is 7.19. The van der Waals surface area contributed by atoms with Crippen LogP contribution in [0.1, 0.15) is 65.7 Å². The molecular formula is C23H40O5. The highest BCUT2D eigenvalue weighted by molar-refractivity contribution is 5.14. The summed E-state index contributed by atoms with van der Waals surface area (Å²) in [6.07, 6.45) is 4.12. The Morgan fingerprint density at radius 1 is 0.964 bits per heavy atom. The van der Waals surface area contributed by atoms with Gasteiger partial charge in [-0.2, -0.15) is 0 Å². The summed E-state index contributed by atoms with van der Waals surface area (Å²) in [5.41, 5.74) is -0.241. The lowest BCUT2D eigenvalue weighted by molar-refractivity contribution is -0.209. The third-order valence-electron chi connectivity index (χ3n) is 10.3. The summed E-state index contributed by atoms with van der Waals surface area (Å²) in [6, 6.07) is 0. The van der Waals surface area contributed by atoms with Crippen LogP contribution in [0.4, 0.5) is 0 Å². The minimum absolute atomic E-state index is 0.0694. The molecular weight excluding hydrogens is 356 g/mol. The molecule has 5 nitrogen and oxygen atoms in total. The van der Waals surface area contributed by atoms with Crippen LogP contribution in [-0.4, -0.2) is 56.6 Å². The zero-order valence-corrected chi connectivity index (χ0v) is 17.7. The van der Waals surface area contributed by atoms with Crippen LogP contribution in [0.2, 0.25) is 0 Å². The highest BCUT2D eigenvalue weighted by Crippen LogP contribution is 2.68. The van der Waals surface area contributed by atoms with Crippen LogP contribution in [-0.2, 0) is 0 Å². The van der Waals surface area contributed by atoms with E-state index < -0.39 is 12.2 Å². The maximum atomic E-state index is 11.4. The summed E-state index contributed by atoms with van der Waals surface area (Å²) >= 11 is 0. The van der Waals surface area contributed by atoms with E-state index in [9.17, 15) is 25.5 Å². The largest absolute Gasteiger partial charge is 0.394 e. The lowest BCUT2D eigenvalue weighted by Crippen LogP contribution is -2.62. The van der Waals surface area contributed by atoms with Gasteiger partial charge in [-0.25, -0.2) is 0 Å². The number of hydrogen-bond donors (Lipinski definition) is 5. The third kappa shape index (κ3) is 2.84. The van der Waals surface area contributed by atoms with Gasteiger partial charge in [0.25, 0.3) is 0 Å². The van der Waals surface area contributed by atoms with Gasteiger partial charge in [-0.05, 0) is 91.3 Å². The molecule has 5 heteroatoms. The van der Waals surface area contributed by atoms with Gasteiger partial charge in [0.2, 0.25) is 0 Å². The average molecular weight is 397 g/mol. The molecule has 4 saturated carbocycles. The van der Waals surface area contributed by atoms with Crippen LogP contribution in [0, 0.1) is 46.3 Å². The molecule has 0 heterocycles. The lowest BCUT2D eigenvalue weighted by atomic mass is 9.43. The van der Waals surface area contributed by atoms with E-state index in [0.717, 1.165) is 38.5 Å². The lowest BCUT2D eigenvalue weighted by Gasteiger charge is -2.63. The van der Waals surface area contributed by atoms with Gasteiger partial charge >= 0.3 is 0 Å². The molecule has 1 unspecified atom stereocenters. The molecule has 162 valence electrons. The normalized spacial score (nSPS) is 55.7. The Hall–Kier alpha value is -0.200. The molecule has 12 atom stereocenters. The zero-order valence-electron chi connectivity index (χ0n) is 17.7. The third-order valence-corrected chi connectivity index (χ3v) is 10.3. The number of hydrogen-bond acceptors (Lipinski definition) is 5. The highest BCUT2D eigenvalue weighted by atomic mass is 16.3. The Morgan fingerprint density at radius 2 is 1.68 bits per heavy atom. The molecule has 0 bridgehead atoms. The molecule has 4 aliphatic rings. The monoisotopic (exact) mass is 396 g/mol. The summed E-state index contributed by atoms with van der Waals surface area (Å²) in [5.74, 6) is 1.14. The molecule has 4 fully saturated rings. The van der Waals surface area contributed by atoms with Crippen molar-refractivity contribution in [1.82, 2.24) is 0 Å². The minimum atomic E-state index is -0.761. The van der Waals surface area contributed by atoms with Crippen molar-refractivity contribution in [3.8, 4) is 0 Å². The number of rotatable bonds is 3. The topological polar surface area (TPSA) is 101 Å². The van der Waals surface area contributed by atoms with Crippen LogP contribution in [0.15, 0.2) is 0 Å². The number of fused-ring (bicyclic) bond motifs is 5. The van der Waals surface area contributed by atoms with Crippen molar-refractivity contribution in [1.29, 1.82) is 0 Å². The van der Waals surface area contributed by atoms with Gasteiger partial charge in [0.15, 0.2) is 0 Å². The molecule has 0 amide bonds. The van der Waals surface area contributed by atoms with Gasteiger partial charge in [0.1, 0.15) is 0 Å². The summed E-state index contributed by atoms with van der Waals surface area (Å²) in [4.78, 5) is 0. The maximum Gasteiger partial charge on any atom is 0.0799 e. The quantitative estimate of drug-likeness (QED) is 0.502. The van der Waals surface area contributed by atoms with E-state index in [0.29, 0.717) is 18.3 Å². The first-order valence-corrected chi connectivity index (χ1v) is 11.5. The highest BCUT2D eigenvalue weighted by Gasteiger charge is 2.66. The van der Waals surface area contributed by atoms with Gasteiger partial charge in [-0.1, -0.05) is 20.8 Å². The number of aliphatic hydroxyl groups excluding tert-OH is 5. The Kier molecular flexibility index (Phi) is 5.41. The molecule has 0 aromatic heterocycles. The summed E-state index contributed by atoms with van der Waals surface area (Å²) in [7, 11) is 0. The second-order valence-electron chi connectivity index (χ2n) is 11.1. The molecule has 0 aromatic rings. The van der Waals surface area contributed by atoms with Crippen molar-refractivity contribution < 1.29 is 25.5 Å². The predicted octanol–water partition coefficient (Wildman–Crippen LogP) is 1.94. The average Bonchev–Trinajstić information content (AvgIpc) is 3.01. The molecule has 0 radical (unpaired) electrons. The second-order valence-corrected chi connectivity index (χ2v) is 11.1. The minimum Gasteiger partial charge on any atom is -0.394 e. The van der Waals surface area contributed by atoms with Crippen molar-refractivity contribution in [2.24, 2.45) is 46.3 Å². The van der Waals surface area contributed by atoms with Gasteiger partial charge in [0, 0.05) is 0 Å². The standard InChI is InChI=1S/C23H40O5/c1-12(19(27)11-24)15-4-5-16-21-17(10-20(28)23(15,16)3)22(2)7-6-14(25)8-13(22)9-18(21)26/h12-21,24-28H,4-11H2,1-3H3/t12-,13-,14+,15+,16-,17-,18+,19?,20-,21-,22-,23+/m0/s1. The molecule has 0 saturated heterocycles. The molecule has 0 aromatic carbocycles. The maximum absolute atomic E-state index is 11.4. The molecule has 5 N–H and O–H groups in total. The Balaban J connectivity index is 1.66. The molecule has 4 rings (SSSR count). The number of aliphatic hydroxyl groups is 5. The first kappa shape index (κ1) is 21.0. The molecule has 28 heavy (non-hydrogen) atoms. The van der Waals surface area contributed by atoms with Gasteiger partial charge < -0.3 is 25.5 Å². The fourth-order valence-corrected chi connectivity index (χ4v) is 8.50. The Bertz CT molecular complexity index is 583. The predicted molar refractivity (Wildman–Crippen MR) is 106 cm³/mol. The summed E-state index contributed by atoms with van der Waals surface area (Å²) in [6.45, 7) is 6.26. The zero-order chi connectivity index (χ0) is 20.4. The van der Waals surface area contributed by atoms with Crippen LogP contribution in [0.5, 0.6) is 0 Å². The van der Waals surface area contributed by atoms with E-state index >= 15 is 0 Å². The van der Waals surface area contributed by atoms with Crippen LogP contribution in [0.25, 0.3) is 0 Å². The van der Waals surface area contributed by atoms with Crippen LogP contribution >= 0.6 is 0 Å². The van der Waals surface area contributed by atoms with Gasteiger partial charge in [0.05, 0.1) is 31.0 Å². The van der Waals surface area contributed by atoms with Crippen molar-refractivity contribution in [3.63, 3.8) is 0 Å². The summed E-state index contributed by atoms with van der Waals surface area (Å²) < 4.78 is 0. The van der Waals surface area contributed by atoms with E-state index in [2.05, 4.69) is 13.8 Å². The van der Waals surface area contributed by atoms with E-state index in [-0.39, 0.29) is 53.3 Å². The van der Waals surface area contributed by atoms with Gasteiger partial charge in [-0.15, -0.1) is 0 Å². The van der Waals surface area contributed by atoms with Gasteiger partial charge in [-0.3, -0.25) is 0 Å². The van der Waals surface area contributed by atoms with Crippen molar-refractivity contribution in [3.05, 3.63) is 0 Å². The van der Waals surface area contributed by atoms with E-state index in [1.165, 1.54) is 0 Å². The molecule has 0 spiro atoms. The molecule has 4 aliphatic carbocycles. The van der Waals surface area contributed by atoms with Crippen molar-refractivity contribution >= 4 is 0 Å². The van der Waals surface area contributed by atoms with E-state index in [1.807, 2.05) is 6.92 Å². The fourth-order valence-electron chi connectivity index (χ4n) is 8.50. The fraction of sp³-hybridized carbons (Fsp3) is 1.00. The Morgan fingerprint density at radius 3 is 2.36 bits per heavy atom. The van der Waals surface area contributed by atoms with Crippen LogP contribution in [0.3, 0.4) is 0 Å². The Labute approximate surface area is 169 Å². The van der Waals surface area contributed by atoms with Crippen LogP contribution < -0.4 is 0 Å². The smallest absolute Gasteiger partial charge is 0.0799 e. The van der Waals surface area contributed by atoms with E-state index in [1.54, 1.807) is 0 Å². The first-order valence-electron chi connectivity index (χ1n) is 11.5.